The van der Waals surface area contributed by atoms with Crippen molar-refractivity contribution < 1.29 is 15.0 Å². The number of carbonyl (C=O) groups is 1. The van der Waals surface area contributed by atoms with Gasteiger partial charge in [-0.2, -0.15) is 0 Å². The number of allylic oxidation sites excluding steroid dienone is 4. The molecule has 0 saturated heterocycles. The fourth-order valence-corrected chi connectivity index (χ4v) is 7.51. The van der Waals surface area contributed by atoms with Gasteiger partial charge in [0.15, 0.2) is 0 Å². The first-order valence-corrected chi connectivity index (χ1v) is 24.0. The van der Waals surface area contributed by atoms with E-state index in [0.717, 1.165) is 32.1 Å². The van der Waals surface area contributed by atoms with Gasteiger partial charge in [0, 0.05) is 6.42 Å². The van der Waals surface area contributed by atoms with E-state index >= 15 is 0 Å². The minimum Gasteiger partial charge on any atom is -0.394 e. The van der Waals surface area contributed by atoms with Gasteiger partial charge in [-0.3, -0.25) is 4.79 Å². The van der Waals surface area contributed by atoms with Crippen molar-refractivity contribution in [2.75, 3.05) is 6.61 Å². The summed E-state index contributed by atoms with van der Waals surface area (Å²) in [5, 5.41) is 22.9. The Labute approximate surface area is 332 Å². The van der Waals surface area contributed by atoms with Gasteiger partial charge in [0.05, 0.1) is 18.8 Å². The molecule has 1 amide bonds. The highest BCUT2D eigenvalue weighted by atomic mass is 16.3. The minimum atomic E-state index is -0.652. The SMILES string of the molecule is CCCCCCC/C=C\C/C=C\CCCCCCCCCCCCCCCCCCCCCCCCCC(=O)NC(CO)C(O)CCCCCCCC. The van der Waals surface area contributed by atoms with E-state index in [9.17, 15) is 15.0 Å². The molecule has 0 aromatic carbocycles. The number of amides is 1. The zero-order valence-electron chi connectivity index (χ0n) is 36.1. The van der Waals surface area contributed by atoms with Crippen LogP contribution in [-0.4, -0.2) is 34.9 Å². The maximum Gasteiger partial charge on any atom is 0.220 e. The van der Waals surface area contributed by atoms with Crippen molar-refractivity contribution in [2.24, 2.45) is 0 Å². The van der Waals surface area contributed by atoms with Crippen molar-refractivity contribution in [1.29, 1.82) is 0 Å². The molecule has 0 radical (unpaired) electrons. The normalized spacial score (nSPS) is 13.1. The van der Waals surface area contributed by atoms with Crippen molar-refractivity contribution in [3.05, 3.63) is 24.3 Å². The predicted molar refractivity (Wildman–Crippen MR) is 235 cm³/mol. The predicted octanol–water partition coefficient (Wildman–Crippen LogP) is 15.2. The van der Waals surface area contributed by atoms with Gasteiger partial charge in [-0.25, -0.2) is 0 Å². The number of carbonyl (C=O) groups excluding carboxylic acids is 1. The van der Waals surface area contributed by atoms with Crippen LogP contribution >= 0.6 is 0 Å². The molecule has 0 spiro atoms. The van der Waals surface area contributed by atoms with Gasteiger partial charge in [-0.15, -0.1) is 0 Å². The molecule has 0 aliphatic rings. The van der Waals surface area contributed by atoms with Crippen LogP contribution in [0, 0.1) is 0 Å². The summed E-state index contributed by atoms with van der Waals surface area (Å²) in [5.41, 5.74) is 0. The van der Waals surface area contributed by atoms with Crippen LogP contribution in [0.1, 0.15) is 264 Å². The first kappa shape index (κ1) is 51.9. The standard InChI is InChI=1S/C49H95NO3/c1-3-5-7-9-11-12-13-14-15-16-17-18-19-20-21-22-23-24-25-26-27-28-29-30-31-32-33-34-35-36-37-38-39-41-43-45-49(53)50-47(46-51)48(52)44-42-40-10-8-6-4-2/h13-14,16-17,47-48,51-52H,3-12,15,18-46H2,1-2H3,(H,50,53)/b14-13-,17-16-. The summed E-state index contributed by atoms with van der Waals surface area (Å²) in [5.74, 6) is -0.0329. The van der Waals surface area contributed by atoms with Gasteiger partial charge in [0.2, 0.25) is 5.91 Å². The van der Waals surface area contributed by atoms with E-state index in [4.69, 9.17) is 0 Å². The average molecular weight is 746 g/mol. The monoisotopic (exact) mass is 746 g/mol. The molecule has 314 valence electrons. The molecule has 0 aromatic heterocycles. The Morgan fingerprint density at radius 2 is 0.774 bits per heavy atom. The molecular formula is C49H95NO3. The Morgan fingerprint density at radius 3 is 1.13 bits per heavy atom. The van der Waals surface area contributed by atoms with Crippen molar-refractivity contribution in [2.45, 2.75) is 276 Å². The summed E-state index contributed by atoms with van der Waals surface area (Å²) in [6, 6.07) is -0.529. The Bertz CT molecular complexity index is 765. The van der Waals surface area contributed by atoms with Crippen LogP contribution in [0.5, 0.6) is 0 Å². The third kappa shape index (κ3) is 41.9. The molecule has 53 heavy (non-hydrogen) atoms. The van der Waals surface area contributed by atoms with E-state index in [-0.39, 0.29) is 12.5 Å². The zero-order valence-corrected chi connectivity index (χ0v) is 36.1. The topological polar surface area (TPSA) is 69.6 Å². The first-order chi connectivity index (χ1) is 26.2. The number of hydrogen-bond donors (Lipinski definition) is 3. The van der Waals surface area contributed by atoms with E-state index in [2.05, 4.69) is 43.5 Å². The molecule has 0 saturated carbocycles. The number of rotatable bonds is 44. The molecule has 2 unspecified atom stereocenters. The number of hydrogen-bond acceptors (Lipinski definition) is 3. The molecule has 0 aromatic rings. The van der Waals surface area contributed by atoms with Gasteiger partial charge in [-0.05, 0) is 44.9 Å². The molecule has 0 aliphatic heterocycles. The van der Waals surface area contributed by atoms with Gasteiger partial charge in [0.25, 0.3) is 0 Å². The third-order valence-electron chi connectivity index (χ3n) is 11.2. The summed E-state index contributed by atoms with van der Waals surface area (Å²) >= 11 is 0. The second kappa shape index (κ2) is 45.3. The Morgan fingerprint density at radius 1 is 0.453 bits per heavy atom. The molecule has 0 rings (SSSR count). The lowest BCUT2D eigenvalue weighted by molar-refractivity contribution is -0.123. The maximum absolute atomic E-state index is 12.3. The highest BCUT2D eigenvalue weighted by Gasteiger charge is 2.20. The lowest BCUT2D eigenvalue weighted by Crippen LogP contribution is -2.45. The Kier molecular flexibility index (Phi) is 44.3. The van der Waals surface area contributed by atoms with Crippen molar-refractivity contribution >= 4 is 5.91 Å². The van der Waals surface area contributed by atoms with Crippen molar-refractivity contribution in [3.63, 3.8) is 0 Å². The molecule has 0 heterocycles. The molecule has 3 N–H and O–H groups in total. The molecule has 4 heteroatoms. The first-order valence-electron chi connectivity index (χ1n) is 24.0. The van der Waals surface area contributed by atoms with E-state index in [1.165, 1.54) is 205 Å². The number of aliphatic hydroxyl groups excluding tert-OH is 2. The van der Waals surface area contributed by atoms with Gasteiger partial charge >= 0.3 is 0 Å². The number of aliphatic hydroxyl groups is 2. The lowest BCUT2D eigenvalue weighted by atomic mass is 10.0. The van der Waals surface area contributed by atoms with Crippen LogP contribution in [0.3, 0.4) is 0 Å². The number of unbranched alkanes of at least 4 members (excludes halogenated alkanes) is 33. The van der Waals surface area contributed by atoms with E-state index in [1.54, 1.807) is 0 Å². The average Bonchev–Trinajstić information content (AvgIpc) is 3.16. The summed E-state index contributed by atoms with van der Waals surface area (Å²) in [7, 11) is 0. The fraction of sp³-hybridized carbons (Fsp3) is 0.898. The van der Waals surface area contributed by atoms with Crippen LogP contribution < -0.4 is 5.32 Å². The quantitative estimate of drug-likeness (QED) is 0.0430. The molecule has 2 atom stereocenters. The summed E-state index contributed by atoms with van der Waals surface area (Å²) in [6.45, 7) is 4.30. The zero-order chi connectivity index (χ0) is 38.6. The fourth-order valence-electron chi connectivity index (χ4n) is 7.51. The smallest absolute Gasteiger partial charge is 0.220 e. The van der Waals surface area contributed by atoms with Crippen LogP contribution in [0.15, 0.2) is 24.3 Å². The Balaban J connectivity index is 3.31. The highest BCUT2D eigenvalue weighted by molar-refractivity contribution is 5.76. The Hall–Kier alpha value is -1.13. The van der Waals surface area contributed by atoms with E-state index in [1.807, 2.05) is 0 Å². The molecular weight excluding hydrogens is 651 g/mol. The summed E-state index contributed by atoms with van der Waals surface area (Å²) in [4.78, 5) is 12.3. The van der Waals surface area contributed by atoms with Crippen LogP contribution in [-0.2, 0) is 4.79 Å². The van der Waals surface area contributed by atoms with E-state index < -0.39 is 12.1 Å². The summed E-state index contributed by atoms with van der Waals surface area (Å²) < 4.78 is 0. The maximum atomic E-state index is 12.3. The van der Waals surface area contributed by atoms with Gasteiger partial charge in [-0.1, -0.05) is 237 Å². The summed E-state index contributed by atoms with van der Waals surface area (Å²) in [6.07, 6.45) is 58.9. The van der Waals surface area contributed by atoms with Crippen molar-refractivity contribution in [1.82, 2.24) is 5.32 Å². The minimum absolute atomic E-state index is 0.0329. The van der Waals surface area contributed by atoms with Crippen LogP contribution in [0.25, 0.3) is 0 Å². The van der Waals surface area contributed by atoms with Crippen LogP contribution in [0.2, 0.25) is 0 Å². The number of nitrogens with one attached hydrogen (secondary N) is 1. The molecule has 4 nitrogen and oxygen atoms in total. The second-order valence-corrected chi connectivity index (χ2v) is 16.5. The third-order valence-corrected chi connectivity index (χ3v) is 11.2. The highest BCUT2D eigenvalue weighted by Crippen LogP contribution is 2.17. The van der Waals surface area contributed by atoms with Crippen molar-refractivity contribution in [3.8, 4) is 0 Å². The largest absolute Gasteiger partial charge is 0.394 e. The molecule has 0 aliphatic carbocycles. The second-order valence-electron chi connectivity index (χ2n) is 16.5. The van der Waals surface area contributed by atoms with Crippen LogP contribution in [0.4, 0.5) is 0 Å². The molecule has 0 fully saturated rings. The van der Waals surface area contributed by atoms with E-state index in [0.29, 0.717) is 12.8 Å². The lowest BCUT2D eigenvalue weighted by Gasteiger charge is -2.22. The van der Waals surface area contributed by atoms with Gasteiger partial charge < -0.3 is 15.5 Å². The molecule has 0 bridgehead atoms. The van der Waals surface area contributed by atoms with Gasteiger partial charge in [0.1, 0.15) is 0 Å².